The molecule has 1 amide bonds. The van der Waals surface area contributed by atoms with E-state index in [1.807, 2.05) is 18.2 Å². The second kappa shape index (κ2) is 6.01. The fourth-order valence-corrected chi connectivity index (χ4v) is 1.94. The van der Waals surface area contributed by atoms with E-state index >= 15 is 0 Å². The molecule has 0 saturated carbocycles. The molecular weight excluding hydrogens is 248 g/mol. The Morgan fingerprint density at radius 2 is 2.21 bits per heavy atom. The second-order valence-corrected chi connectivity index (χ2v) is 3.97. The Morgan fingerprint density at radius 1 is 1.42 bits per heavy atom. The summed E-state index contributed by atoms with van der Waals surface area (Å²) in [7, 11) is 0. The molecule has 1 atom stereocenters. The highest BCUT2D eigenvalue weighted by Crippen LogP contribution is 2.26. The summed E-state index contributed by atoms with van der Waals surface area (Å²) in [6.07, 6.45) is 1.83. The largest absolute Gasteiger partial charge is 0.465 e. The molecule has 0 aliphatic heterocycles. The van der Waals surface area contributed by atoms with Gasteiger partial charge in [0.1, 0.15) is 6.26 Å². The molecule has 0 bridgehead atoms. The van der Waals surface area contributed by atoms with Crippen LogP contribution in [0.5, 0.6) is 0 Å². The van der Waals surface area contributed by atoms with Crippen LogP contribution in [0.15, 0.2) is 41.1 Å². The summed E-state index contributed by atoms with van der Waals surface area (Å²) in [5.41, 5.74) is 1.51. The Labute approximate surface area is 109 Å². The SMILES string of the molecule is O=C(O)NCC(c1ncco1)c1ccccc1CO. The summed E-state index contributed by atoms with van der Waals surface area (Å²) in [6, 6.07) is 7.24. The number of carboxylic acid groups (broad SMARTS) is 1. The molecule has 2 rings (SSSR count). The van der Waals surface area contributed by atoms with Gasteiger partial charge >= 0.3 is 6.09 Å². The van der Waals surface area contributed by atoms with Gasteiger partial charge in [-0.25, -0.2) is 9.78 Å². The highest BCUT2D eigenvalue weighted by molar-refractivity contribution is 5.64. The fraction of sp³-hybridized carbons (Fsp3) is 0.231. The van der Waals surface area contributed by atoms with Gasteiger partial charge in [-0.3, -0.25) is 0 Å². The van der Waals surface area contributed by atoms with Gasteiger partial charge in [0.25, 0.3) is 0 Å². The van der Waals surface area contributed by atoms with Crippen molar-refractivity contribution in [2.24, 2.45) is 0 Å². The number of hydrogen-bond donors (Lipinski definition) is 3. The molecule has 0 aliphatic rings. The molecule has 0 aliphatic carbocycles. The van der Waals surface area contributed by atoms with Crippen LogP contribution in [-0.4, -0.2) is 27.8 Å². The van der Waals surface area contributed by atoms with Crippen molar-refractivity contribution in [2.75, 3.05) is 6.54 Å². The number of hydrogen-bond acceptors (Lipinski definition) is 4. The molecule has 100 valence electrons. The molecule has 19 heavy (non-hydrogen) atoms. The van der Waals surface area contributed by atoms with E-state index in [0.29, 0.717) is 5.89 Å². The van der Waals surface area contributed by atoms with Gasteiger partial charge in [0.2, 0.25) is 5.89 Å². The van der Waals surface area contributed by atoms with E-state index in [9.17, 15) is 9.90 Å². The second-order valence-electron chi connectivity index (χ2n) is 3.97. The van der Waals surface area contributed by atoms with Crippen LogP contribution in [0.1, 0.15) is 22.9 Å². The third-order valence-corrected chi connectivity index (χ3v) is 2.81. The van der Waals surface area contributed by atoms with E-state index in [2.05, 4.69) is 10.3 Å². The van der Waals surface area contributed by atoms with Gasteiger partial charge in [0.15, 0.2) is 0 Å². The van der Waals surface area contributed by atoms with Crippen LogP contribution in [0.3, 0.4) is 0 Å². The first-order valence-corrected chi connectivity index (χ1v) is 5.77. The van der Waals surface area contributed by atoms with Gasteiger partial charge in [0.05, 0.1) is 18.7 Å². The first-order valence-electron chi connectivity index (χ1n) is 5.77. The van der Waals surface area contributed by atoms with E-state index in [1.165, 1.54) is 12.5 Å². The minimum absolute atomic E-state index is 0.125. The molecule has 0 saturated heterocycles. The molecule has 1 heterocycles. The van der Waals surface area contributed by atoms with E-state index in [0.717, 1.165) is 11.1 Å². The summed E-state index contributed by atoms with van der Waals surface area (Å²) in [6.45, 7) is 0.00726. The zero-order valence-corrected chi connectivity index (χ0v) is 10.1. The standard InChI is InChI=1S/C13H14N2O4/c16-8-9-3-1-2-4-10(9)11(7-15-13(17)18)12-14-5-6-19-12/h1-6,11,15-16H,7-8H2,(H,17,18). The highest BCUT2D eigenvalue weighted by atomic mass is 16.4. The molecule has 2 aromatic rings. The summed E-state index contributed by atoms with van der Waals surface area (Å²) in [5, 5.41) is 20.4. The van der Waals surface area contributed by atoms with E-state index in [4.69, 9.17) is 9.52 Å². The average molecular weight is 262 g/mol. The lowest BCUT2D eigenvalue weighted by Crippen LogP contribution is -2.27. The first-order chi connectivity index (χ1) is 9.22. The lowest BCUT2D eigenvalue weighted by Gasteiger charge is -2.16. The van der Waals surface area contributed by atoms with Gasteiger partial charge in [-0.15, -0.1) is 0 Å². The molecule has 0 radical (unpaired) electrons. The van der Waals surface area contributed by atoms with Crippen LogP contribution in [0.25, 0.3) is 0 Å². The van der Waals surface area contributed by atoms with Gasteiger partial charge in [-0.1, -0.05) is 24.3 Å². The smallest absolute Gasteiger partial charge is 0.404 e. The zero-order chi connectivity index (χ0) is 13.7. The van der Waals surface area contributed by atoms with Crippen molar-refractivity contribution in [3.05, 3.63) is 53.7 Å². The van der Waals surface area contributed by atoms with E-state index in [1.54, 1.807) is 6.07 Å². The normalized spacial score (nSPS) is 12.1. The predicted molar refractivity (Wildman–Crippen MR) is 66.7 cm³/mol. The quantitative estimate of drug-likeness (QED) is 0.760. The van der Waals surface area contributed by atoms with Crippen LogP contribution in [-0.2, 0) is 6.61 Å². The predicted octanol–water partition coefficient (Wildman–Crippen LogP) is 1.57. The third kappa shape index (κ3) is 3.11. The molecule has 1 unspecified atom stereocenters. The monoisotopic (exact) mass is 262 g/mol. The van der Waals surface area contributed by atoms with Crippen molar-refractivity contribution in [3.63, 3.8) is 0 Å². The Hall–Kier alpha value is -2.34. The highest BCUT2D eigenvalue weighted by Gasteiger charge is 2.21. The molecule has 0 spiro atoms. The van der Waals surface area contributed by atoms with Crippen LogP contribution in [0, 0.1) is 0 Å². The van der Waals surface area contributed by atoms with Crippen LogP contribution in [0.2, 0.25) is 0 Å². The van der Waals surface area contributed by atoms with Crippen molar-refractivity contribution < 1.29 is 19.4 Å². The third-order valence-electron chi connectivity index (χ3n) is 2.81. The van der Waals surface area contributed by atoms with Gasteiger partial charge in [-0.2, -0.15) is 0 Å². The molecule has 1 aromatic carbocycles. The molecular formula is C13H14N2O4. The maximum absolute atomic E-state index is 10.6. The number of amides is 1. The molecule has 1 aromatic heterocycles. The van der Waals surface area contributed by atoms with Crippen molar-refractivity contribution in [2.45, 2.75) is 12.5 Å². The van der Waals surface area contributed by atoms with Crippen molar-refractivity contribution >= 4 is 6.09 Å². The topological polar surface area (TPSA) is 95.6 Å². The Kier molecular flexibility index (Phi) is 4.15. The molecule has 6 nitrogen and oxygen atoms in total. The summed E-state index contributed by atoms with van der Waals surface area (Å²) in [5.74, 6) is 0.0455. The Morgan fingerprint density at radius 3 is 2.84 bits per heavy atom. The number of benzene rings is 1. The maximum atomic E-state index is 10.6. The maximum Gasteiger partial charge on any atom is 0.404 e. The fourth-order valence-electron chi connectivity index (χ4n) is 1.94. The first kappa shape index (κ1) is 13.1. The number of aromatic nitrogens is 1. The summed E-state index contributed by atoms with van der Waals surface area (Å²) in [4.78, 5) is 14.7. The minimum Gasteiger partial charge on any atom is -0.465 e. The number of nitrogens with zero attached hydrogens (tertiary/aromatic N) is 1. The molecule has 6 heteroatoms. The Balaban J connectivity index is 2.33. The van der Waals surface area contributed by atoms with Crippen LogP contribution < -0.4 is 5.32 Å². The number of oxazole rings is 1. The van der Waals surface area contributed by atoms with Gasteiger partial charge in [-0.05, 0) is 11.1 Å². The van der Waals surface area contributed by atoms with Crippen LogP contribution >= 0.6 is 0 Å². The van der Waals surface area contributed by atoms with E-state index in [-0.39, 0.29) is 19.1 Å². The van der Waals surface area contributed by atoms with Crippen molar-refractivity contribution in [1.29, 1.82) is 0 Å². The number of nitrogens with one attached hydrogen (secondary N) is 1. The van der Waals surface area contributed by atoms with Crippen LogP contribution in [0.4, 0.5) is 4.79 Å². The van der Waals surface area contributed by atoms with E-state index < -0.39 is 6.09 Å². The molecule has 0 fully saturated rings. The van der Waals surface area contributed by atoms with Crippen molar-refractivity contribution in [1.82, 2.24) is 10.3 Å². The Bertz CT molecular complexity index is 539. The van der Waals surface area contributed by atoms with Crippen molar-refractivity contribution in [3.8, 4) is 0 Å². The molecule has 3 N–H and O–H groups in total. The number of aliphatic hydroxyl groups is 1. The average Bonchev–Trinajstić information content (AvgIpc) is 2.93. The number of rotatable bonds is 5. The van der Waals surface area contributed by atoms with Gasteiger partial charge in [0, 0.05) is 6.54 Å². The number of aliphatic hydroxyl groups excluding tert-OH is 1. The minimum atomic E-state index is -1.11. The van der Waals surface area contributed by atoms with Gasteiger partial charge < -0.3 is 19.9 Å². The zero-order valence-electron chi connectivity index (χ0n) is 10.1. The summed E-state index contributed by atoms with van der Waals surface area (Å²) >= 11 is 0. The number of carbonyl (C=O) groups is 1. The lowest BCUT2D eigenvalue weighted by atomic mass is 9.94. The summed E-state index contributed by atoms with van der Waals surface area (Å²) < 4.78 is 5.26. The lowest BCUT2D eigenvalue weighted by molar-refractivity contribution is 0.193.